The van der Waals surface area contributed by atoms with E-state index in [-0.39, 0.29) is 12.3 Å². The molecule has 1 aromatic heterocycles. The summed E-state index contributed by atoms with van der Waals surface area (Å²) in [6, 6.07) is 16.1. The third-order valence-electron chi connectivity index (χ3n) is 4.29. The number of thiazole rings is 1. The van der Waals surface area contributed by atoms with Gasteiger partial charge in [-0.05, 0) is 38.5 Å². The van der Waals surface area contributed by atoms with Crippen molar-refractivity contribution in [3.63, 3.8) is 0 Å². The van der Waals surface area contributed by atoms with Gasteiger partial charge in [-0.15, -0.1) is 11.3 Å². The van der Waals surface area contributed by atoms with Crippen LogP contribution in [-0.2, 0) is 22.6 Å². The van der Waals surface area contributed by atoms with E-state index in [1.165, 1.54) is 11.3 Å². The number of rotatable bonds is 8. The Hall–Kier alpha value is -3.39. The molecular weight excluding hydrogens is 426 g/mol. The summed E-state index contributed by atoms with van der Waals surface area (Å²) < 4.78 is 11.2. The average Bonchev–Trinajstić information content (AvgIpc) is 3.25. The van der Waals surface area contributed by atoms with E-state index in [0.717, 1.165) is 5.56 Å². The minimum atomic E-state index is -0.867. The lowest BCUT2D eigenvalue weighted by Crippen LogP contribution is -2.47. The molecular formula is C24H27N3O4S. The monoisotopic (exact) mass is 453 g/mol. The van der Waals surface area contributed by atoms with Crippen molar-refractivity contribution in [2.24, 2.45) is 0 Å². The number of aromatic nitrogens is 1. The Bertz CT molecular complexity index is 1020. The fourth-order valence-corrected chi connectivity index (χ4v) is 3.43. The molecule has 0 bridgehead atoms. The zero-order valence-corrected chi connectivity index (χ0v) is 19.1. The van der Waals surface area contributed by atoms with Crippen LogP contribution in [0.1, 0.15) is 32.0 Å². The normalized spacial score (nSPS) is 12.0. The first-order valence-corrected chi connectivity index (χ1v) is 11.2. The molecule has 8 heteroatoms. The van der Waals surface area contributed by atoms with E-state index in [1.54, 1.807) is 38.4 Å². The number of hydrogen-bond acceptors (Lipinski definition) is 6. The molecule has 32 heavy (non-hydrogen) atoms. The third kappa shape index (κ3) is 7.39. The zero-order valence-electron chi connectivity index (χ0n) is 18.3. The summed E-state index contributed by atoms with van der Waals surface area (Å²) in [4.78, 5) is 29.7. The number of nitrogens with zero attached hydrogens (tertiary/aromatic N) is 1. The second-order valence-corrected chi connectivity index (χ2v) is 8.86. The van der Waals surface area contributed by atoms with Crippen LogP contribution < -0.4 is 15.4 Å². The lowest BCUT2D eigenvalue weighted by atomic mass is 10.1. The fourth-order valence-electron chi connectivity index (χ4n) is 2.86. The van der Waals surface area contributed by atoms with Crippen molar-refractivity contribution in [1.29, 1.82) is 0 Å². The first kappa shape index (κ1) is 23.3. The van der Waals surface area contributed by atoms with Crippen molar-refractivity contribution in [1.82, 2.24) is 10.3 Å². The van der Waals surface area contributed by atoms with Crippen LogP contribution in [0.25, 0.3) is 0 Å². The summed E-state index contributed by atoms with van der Waals surface area (Å²) in [5, 5.41) is 7.37. The van der Waals surface area contributed by atoms with Crippen molar-refractivity contribution < 1.29 is 19.1 Å². The topological polar surface area (TPSA) is 89.5 Å². The Balaban J connectivity index is 1.71. The molecule has 2 N–H and O–H groups in total. The van der Waals surface area contributed by atoms with Gasteiger partial charge in [0.05, 0.1) is 16.9 Å². The van der Waals surface area contributed by atoms with Gasteiger partial charge in [-0.3, -0.25) is 4.79 Å². The van der Waals surface area contributed by atoms with Crippen molar-refractivity contribution in [3.05, 3.63) is 76.7 Å². The molecule has 1 heterocycles. The second kappa shape index (κ2) is 10.8. The molecule has 168 valence electrons. The number of anilines is 1. The van der Waals surface area contributed by atoms with Crippen LogP contribution in [0, 0.1) is 0 Å². The fraction of sp³-hybridized carbons (Fsp3) is 0.292. The molecule has 3 aromatic rings. The Labute approximate surface area is 191 Å². The van der Waals surface area contributed by atoms with E-state index in [1.807, 2.05) is 47.8 Å². The third-order valence-corrected chi connectivity index (χ3v) is 4.92. The van der Waals surface area contributed by atoms with Crippen LogP contribution >= 0.6 is 11.3 Å². The number of hydrogen-bond donors (Lipinski definition) is 2. The molecule has 0 radical (unpaired) electrons. The predicted molar refractivity (Wildman–Crippen MR) is 125 cm³/mol. The highest BCUT2D eigenvalue weighted by atomic mass is 32.1. The lowest BCUT2D eigenvalue weighted by Gasteiger charge is -2.23. The summed E-state index contributed by atoms with van der Waals surface area (Å²) in [6.45, 7) is 5.67. The number of para-hydroxylation sites is 2. The largest absolute Gasteiger partial charge is 0.487 e. The van der Waals surface area contributed by atoms with Gasteiger partial charge in [-0.25, -0.2) is 9.78 Å². The van der Waals surface area contributed by atoms with Gasteiger partial charge in [0.2, 0.25) is 5.91 Å². The molecule has 2 amide bonds. The number of amides is 2. The predicted octanol–water partition coefficient (Wildman–Crippen LogP) is 4.80. The van der Waals surface area contributed by atoms with Gasteiger partial charge in [0, 0.05) is 11.8 Å². The number of ether oxygens (including phenoxy) is 2. The van der Waals surface area contributed by atoms with Gasteiger partial charge in [-0.2, -0.15) is 0 Å². The van der Waals surface area contributed by atoms with Crippen molar-refractivity contribution >= 4 is 29.0 Å². The van der Waals surface area contributed by atoms with E-state index < -0.39 is 17.7 Å². The van der Waals surface area contributed by atoms with Crippen molar-refractivity contribution in [2.45, 2.75) is 45.4 Å². The average molecular weight is 454 g/mol. The molecule has 0 aliphatic carbocycles. The first-order chi connectivity index (χ1) is 15.3. The van der Waals surface area contributed by atoms with E-state index in [9.17, 15) is 9.59 Å². The summed E-state index contributed by atoms with van der Waals surface area (Å²) in [7, 11) is 0. The molecule has 1 atom stereocenters. The van der Waals surface area contributed by atoms with Crippen LogP contribution in [0.15, 0.2) is 65.5 Å². The smallest absolute Gasteiger partial charge is 0.408 e. The molecule has 0 aliphatic rings. The molecule has 0 saturated heterocycles. The molecule has 3 rings (SSSR count). The minimum Gasteiger partial charge on any atom is -0.487 e. The first-order valence-electron chi connectivity index (χ1n) is 10.2. The summed E-state index contributed by atoms with van der Waals surface area (Å²) in [5.41, 5.74) is 3.25. The molecule has 0 spiro atoms. The Kier molecular flexibility index (Phi) is 7.83. The zero-order chi connectivity index (χ0) is 23.0. The Morgan fingerprint density at radius 2 is 1.78 bits per heavy atom. The number of benzene rings is 2. The van der Waals surface area contributed by atoms with Gasteiger partial charge in [-0.1, -0.05) is 42.5 Å². The van der Waals surface area contributed by atoms with Crippen LogP contribution in [-0.4, -0.2) is 28.6 Å². The number of nitrogens with one attached hydrogen (secondary N) is 2. The molecule has 0 aliphatic heterocycles. The molecule has 7 nitrogen and oxygen atoms in total. The molecule has 0 saturated carbocycles. The Morgan fingerprint density at radius 3 is 2.47 bits per heavy atom. The highest BCUT2D eigenvalue weighted by Crippen LogP contribution is 2.25. The number of alkyl carbamates (subject to hydrolysis) is 1. The quantitative estimate of drug-likeness (QED) is 0.512. The van der Waals surface area contributed by atoms with E-state index in [2.05, 4.69) is 15.6 Å². The van der Waals surface area contributed by atoms with Gasteiger partial charge < -0.3 is 20.1 Å². The van der Waals surface area contributed by atoms with E-state index >= 15 is 0 Å². The van der Waals surface area contributed by atoms with Gasteiger partial charge in [0.15, 0.2) is 0 Å². The van der Waals surface area contributed by atoms with Gasteiger partial charge in [0.1, 0.15) is 24.0 Å². The maximum atomic E-state index is 13.1. The molecule has 0 fully saturated rings. The maximum Gasteiger partial charge on any atom is 0.408 e. The van der Waals surface area contributed by atoms with Crippen molar-refractivity contribution in [2.75, 3.05) is 5.32 Å². The summed E-state index contributed by atoms with van der Waals surface area (Å²) >= 11 is 1.43. The van der Waals surface area contributed by atoms with Crippen LogP contribution in [0.3, 0.4) is 0 Å². The maximum absolute atomic E-state index is 13.1. The van der Waals surface area contributed by atoms with Gasteiger partial charge >= 0.3 is 6.09 Å². The second-order valence-electron chi connectivity index (χ2n) is 8.14. The Morgan fingerprint density at radius 1 is 1.06 bits per heavy atom. The van der Waals surface area contributed by atoms with Crippen LogP contribution in [0.4, 0.5) is 10.5 Å². The van der Waals surface area contributed by atoms with E-state index in [4.69, 9.17) is 9.47 Å². The van der Waals surface area contributed by atoms with Crippen molar-refractivity contribution in [3.8, 4) is 5.75 Å². The summed E-state index contributed by atoms with van der Waals surface area (Å²) in [5.74, 6) is 0.147. The SMILES string of the molecule is CC(C)(C)OC(=O)N[C@@H](Cc1cscn1)C(=O)Nc1ccccc1OCc1ccccc1. The lowest BCUT2D eigenvalue weighted by molar-refractivity contribution is -0.118. The van der Waals surface area contributed by atoms with E-state index in [0.29, 0.717) is 23.7 Å². The highest BCUT2D eigenvalue weighted by molar-refractivity contribution is 7.07. The highest BCUT2D eigenvalue weighted by Gasteiger charge is 2.26. The standard InChI is InChI=1S/C24H27N3O4S/c1-24(2,3)31-23(29)27-20(13-18-15-32-16-25-18)22(28)26-19-11-7-8-12-21(19)30-14-17-9-5-4-6-10-17/h4-12,15-16,20H,13-14H2,1-3H3,(H,26,28)(H,27,29)/t20-/m0/s1. The van der Waals surface area contributed by atoms with Gasteiger partial charge in [0.25, 0.3) is 0 Å². The molecule has 2 aromatic carbocycles. The number of carbonyl (C=O) groups is 2. The van der Waals surface area contributed by atoms with Crippen LogP contribution in [0.2, 0.25) is 0 Å². The molecule has 0 unspecified atom stereocenters. The summed E-state index contributed by atoms with van der Waals surface area (Å²) in [6.07, 6.45) is -0.428. The van der Waals surface area contributed by atoms with Crippen LogP contribution in [0.5, 0.6) is 5.75 Å². The minimum absolute atomic E-state index is 0.238. The number of carbonyl (C=O) groups excluding carboxylic acids is 2.